The average Bonchev–Trinajstić information content (AvgIpc) is 2.38. The maximum Gasteiger partial charge on any atom is 0.233 e. The van der Waals surface area contributed by atoms with E-state index in [1.165, 1.54) is 0 Å². The van der Waals surface area contributed by atoms with Gasteiger partial charge in [-0.25, -0.2) is 0 Å². The summed E-state index contributed by atoms with van der Waals surface area (Å²) in [6.07, 6.45) is 1.74. The normalized spacial score (nSPS) is 15.8. The van der Waals surface area contributed by atoms with Crippen LogP contribution in [0.3, 0.4) is 0 Å². The predicted molar refractivity (Wildman–Crippen MR) is 80.0 cm³/mol. The molecule has 0 bridgehead atoms. The summed E-state index contributed by atoms with van der Waals surface area (Å²) in [7, 11) is 0. The third-order valence-corrected chi connectivity index (χ3v) is 3.86. The Morgan fingerprint density at radius 2 is 1.89 bits per heavy atom. The lowest BCUT2D eigenvalue weighted by Crippen LogP contribution is -2.41. The molecule has 1 rings (SSSR count). The van der Waals surface area contributed by atoms with Crippen molar-refractivity contribution in [2.75, 3.05) is 0 Å². The number of carbonyl (C=O) groups excluding carboxylic acids is 1. The van der Waals surface area contributed by atoms with Gasteiger partial charge < -0.3 is 5.32 Å². The van der Waals surface area contributed by atoms with E-state index < -0.39 is 0 Å². The van der Waals surface area contributed by atoms with E-state index in [-0.39, 0.29) is 17.2 Å². The molecule has 0 aliphatic rings. The van der Waals surface area contributed by atoms with Crippen LogP contribution >= 0.6 is 12.6 Å². The van der Waals surface area contributed by atoms with E-state index in [0.717, 1.165) is 12.0 Å². The van der Waals surface area contributed by atoms with Crippen molar-refractivity contribution in [3.8, 4) is 0 Å². The van der Waals surface area contributed by atoms with Gasteiger partial charge in [0.05, 0.1) is 5.25 Å². The number of benzene rings is 1. The van der Waals surface area contributed by atoms with Crippen LogP contribution in [-0.4, -0.2) is 17.2 Å². The molecule has 18 heavy (non-hydrogen) atoms. The van der Waals surface area contributed by atoms with Crippen LogP contribution in [0.25, 0.3) is 0 Å². The maximum absolute atomic E-state index is 12.0. The molecule has 2 nitrogen and oxygen atoms in total. The van der Waals surface area contributed by atoms with E-state index in [9.17, 15) is 4.79 Å². The lowest BCUT2D eigenvalue weighted by Gasteiger charge is -2.21. The van der Waals surface area contributed by atoms with Crippen LogP contribution in [0.1, 0.15) is 32.8 Å². The lowest BCUT2D eigenvalue weighted by atomic mass is 10.0. The maximum atomic E-state index is 12.0. The van der Waals surface area contributed by atoms with Crippen LogP contribution < -0.4 is 5.32 Å². The molecule has 0 heterocycles. The third kappa shape index (κ3) is 4.73. The second-order valence-corrected chi connectivity index (χ2v) is 5.51. The Balaban J connectivity index is 2.47. The van der Waals surface area contributed by atoms with Crippen LogP contribution in [0.15, 0.2) is 30.3 Å². The van der Waals surface area contributed by atoms with Crippen molar-refractivity contribution in [3.05, 3.63) is 35.9 Å². The van der Waals surface area contributed by atoms with Crippen molar-refractivity contribution in [1.29, 1.82) is 0 Å². The largest absolute Gasteiger partial charge is 0.352 e. The summed E-state index contributed by atoms with van der Waals surface area (Å²) in [5.41, 5.74) is 1.14. The lowest BCUT2D eigenvalue weighted by molar-refractivity contribution is -0.121. The van der Waals surface area contributed by atoms with E-state index >= 15 is 0 Å². The highest BCUT2D eigenvalue weighted by Crippen LogP contribution is 2.11. The minimum absolute atomic E-state index is 0.0231. The predicted octanol–water partition coefficient (Wildman–Crippen LogP) is 3.08. The molecule has 0 saturated carbocycles. The number of rotatable bonds is 6. The summed E-state index contributed by atoms with van der Waals surface area (Å²) in [5, 5.41) is 2.76. The van der Waals surface area contributed by atoms with E-state index in [2.05, 4.69) is 38.7 Å². The Hall–Kier alpha value is -0.960. The fraction of sp³-hybridized carbons (Fsp3) is 0.533. The summed E-state index contributed by atoms with van der Waals surface area (Å²) < 4.78 is 0. The zero-order chi connectivity index (χ0) is 13.5. The summed E-state index contributed by atoms with van der Waals surface area (Å²) >= 11 is 4.40. The van der Waals surface area contributed by atoms with E-state index in [1.54, 1.807) is 0 Å². The highest BCUT2D eigenvalue weighted by molar-refractivity contribution is 7.81. The zero-order valence-electron chi connectivity index (χ0n) is 11.4. The molecule has 1 aromatic carbocycles. The molecule has 0 radical (unpaired) electrons. The Morgan fingerprint density at radius 3 is 2.44 bits per heavy atom. The highest BCUT2D eigenvalue weighted by atomic mass is 32.1. The fourth-order valence-corrected chi connectivity index (χ4v) is 2.03. The van der Waals surface area contributed by atoms with E-state index in [4.69, 9.17) is 0 Å². The van der Waals surface area contributed by atoms with Crippen molar-refractivity contribution in [2.24, 2.45) is 5.92 Å². The first-order chi connectivity index (χ1) is 8.54. The Morgan fingerprint density at radius 1 is 1.28 bits per heavy atom. The van der Waals surface area contributed by atoms with Gasteiger partial charge in [-0.3, -0.25) is 4.79 Å². The minimum atomic E-state index is -0.279. The minimum Gasteiger partial charge on any atom is -0.352 e. The molecule has 100 valence electrons. The van der Waals surface area contributed by atoms with Gasteiger partial charge in [-0.2, -0.15) is 12.6 Å². The standard InChI is InChI=1S/C15H23NOS/c1-4-11(2)12(3)16-15(17)14(18)10-13-8-6-5-7-9-13/h5-9,11-12,14,18H,4,10H2,1-3H3,(H,16,17). The van der Waals surface area contributed by atoms with Crippen molar-refractivity contribution < 1.29 is 4.79 Å². The van der Waals surface area contributed by atoms with Crippen LogP contribution in [0.2, 0.25) is 0 Å². The molecule has 0 spiro atoms. The topological polar surface area (TPSA) is 29.1 Å². The van der Waals surface area contributed by atoms with Gasteiger partial charge in [0, 0.05) is 6.04 Å². The average molecular weight is 265 g/mol. The number of nitrogens with one attached hydrogen (secondary N) is 1. The molecule has 3 unspecified atom stereocenters. The van der Waals surface area contributed by atoms with Gasteiger partial charge >= 0.3 is 0 Å². The molecule has 0 fully saturated rings. The number of hydrogen-bond donors (Lipinski definition) is 2. The molecular weight excluding hydrogens is 242 g/mol. The van der Waals surface area contributed by atoms with Gasteiger partial charge in [-0.05, 0) is 24.8 Å². The van der Waals surface area contributed by atoms with Crippen LogP contribution in [0, 0.1) is 5.92 Å². The molecule has 0 aliphatic heterocycles. The fourth-order valence-electron chi connectivity index (χ4n) is 1.75. The molecule has 1 aromatic rings. The van der Waals surface area contributed by atoms with Gasteiger partial charge in [0.25, 0.3) is 0 Å². The van der Waals surface area contributed by atoms with Crippen LogP contribution in [0.4, 0.5) is 0 Å². The van der Waals surface area contributed by atoms with Crippen LogP contribution in [0.5, 0.6) is 0 Å². The number of thiol groups is 1. The molecule has 0 aliphatic carbocycles. The number of hydrogen-bond acceptors (Lipinski definition) is 2. The highest BCUT2D eigenvalue weighted by Gasteiger charge is 2.18. The first-order valence-corrected chi connectivity index (χ1v) is 7.08. The first kappa shape index (κ1) is 15.1. The van der Waals surface area contributed by atoms with Gasteiger partial charge in [-0.1, -0.05) is 50.6 Å². The summed E-state index contributed by atoms with van der Waals surface area (Å²) in [5.74, 6) is 0.515. The molecule has 1 amide bonds. The SMILES string of the molecule is CCC(C)C(C)NC(=O)C(S)Cc1ccccc1. The van der Waals surface area contributed by atoms with Gasteiger partial charge in [0.1, 0.15) is 0 Å². The summed E-state index contributed by atoms with van der Waals surface area (Å²) in [6.45, 7) is 6.33. The van der Waals surface area contributed by atoms with Crippen LogP contribution in [-0.2, 0) is 11.2 Å². The molecular formula is C15H23NOS. The van der Waals surface area contributed by atoms with Crippen molar-refractivity contribution in [2.45, 2.75) is 44.9 Å². The zero-order valence-corrected chi connectivity index (χ0v) is 12.3. The molecule has 0 aromatic heterocycles. The monoisotopic (exact) mass is 265 g/mol. The van der Waals surface area contributed by atoms with Crippen molar-refractivity contribution >= 4 is 18.5 Å². The van der Waals surface area contributed by atoms with Crippen molar-refractivity contribution in [3.63, 3.8) is 0 Å². The number of carbonyl (C=O) groups is 1. The Bertz CT molecular complexity index is 366. The molecule has 1 N–H and O–H groups in total. The Kier molecular flexibility index (Phi) is 6.27. The van der Waals surface area contributed by atoms with Gasteiger partial charge in [0.15, 0.2) is 0 Å². The molecule has 3 atom stereocenters. The first-order valence-electron chi connectivity index (χ1n) is 6.57. The quantitative estimate of drug-likeness (QED) is 0.760. The molecule has 3 heteroatoms. The summed E-state index contributed by atoms with van der Waals surface area (Å²) in [6, 6.07) is 10.2. The van der Waals surface area contributed by atoms with Crippen molar-refractivity contribution in [1.82, 2.24) is 5.32 Å². The smallest absolute Gasteiger partial charge is 0.233 e. The van der Waals surface area contributed by atoms with Gasteiger partial charge in [-0.15, -0.1) is 0 Å². The van der Waals surface area contributed by atoms with E-state index in [0.29, 0.717) is 12.3 Å². The van der Waals surface area contributed by atoms with Gasteiger partial charge in [0.2, 0.25) is 5.91 Å². The second kappa shape index (κ2) is 7.47. The molecule has 0 saturated heterocycles. The third-order valence-electron chi connectivity index (χ3n) is 3.44. The second-order valence-electron chi connectivity index (χ2n) is 4.89. The Labute approximate surface area is 116 Å². The number of amides is 1. The summed E-state index contributed by atoms with van der Waals surface area (Å²) in [4.78, 5) is 12.0. The van der Waals surface area contributed by atoms with E-state index in [1.807, 2.05) is 30.3 Å².